The van der Waals surface area contributed by atoms with Crippen LogP contribution in [0.3, 0.4) is 0 Å². The van der Waals surface area contributed by atoms with Crippen molar-refractivity contribution < 1.29 is 38.0 Å². The topological polar surface area (TPSA) is 141 Å². The molecule has 4 saturated carbocycles. The third-order valence-corrected chi connectivity index (χ3v) is 14.6. The van der Waals surface area contributed by atoms with Gasteiger partial charge < -0.3 is 38.2 Å². The number of hydrogen-bond acceptors (Lipinski definition) is 10. The van der Waals surface area contributed by atoms with Crippen molar-refractivity contribution >= 4 is 74.5 Å². The minimum Gasteiger partial charge on any atom is -0.444 e. The number of fused-ring (bicyclic) bond motifs is 4. The highest BCUT2D eigenvalue weighted by atomic mass is 79.9. The fourth-order valence-corrected chi connectivity index (χ4v) is 11.1. The third kappa shape index (κ3) is 11.1. The number of nitrogens with zero attached hydrogens (tertiary/aromatic N) is 4. The Bertz CT molecular complexity index is 2330. The first-order chi connectivity index (χ1) is 30.8. The largest absolute Gasteiger partial charge is 0.444 e. The quantitative estimate of drug-likeness (QED) is 0.170. The van der Waals surface area contributed by atoms with Crippen LogP contribution in [-0.2, 0) is 26.1 Å². The van der Waals surface area contributed by atoms with Crippen LogP contribution in [0.1, 0.15) is 127 Å². The molecule has 4 aromatic rings. The second-order valence-electron chi connectivity index (χ2n) is 20.1. The molecule has 4 bridgehead atoms. The van der Waals surface area contributed by atoms with E-state index in [9.17, 15) is 14.7 Å². The molecule has 0 spiro atoms. The van der Waals surface area contributed by atoms with Crippen LogP contribution in [-0.4, -0.2) is 86.0 Å². The van der Waals surface area contributed by atoms with Crippen LogP contribution in [0.2, 0.25) is 20.1 Å². The van der Waals surface area contributed by atoms with Crippen LogP contribution in [0.4, 0.5) is 9.59 Å². The highest BCUT2D eigenvalue weighted by molar-refractivity contribution is 9.08. The first kappa shape index (κ1) is 48.4. The van der Waals surface area contributed by atoms with Gasteiger partial charge in [0.1, 0.15) is 34.1 Å². The Morgan fingerprint density at radius 2 is 1.12 bits per heavy atom. The maximum Gasteiger partial charge on any atom is 0.410 e. The number of aromatic nitrogens is 2. The van der Waals surface area contributed by atoms with E-state index in [0.717, 1.165) is 66.0 Å². The number of likely N-dealkylation sites (tertiary alicyclic amines) is 2. The molecule has 6 fully saturated rings. The van der Waals surface area contributed by atoms with E-state index in [4.69, 9.17) is 69.7 Å². The lowest BCUT2D eigenvalue weighted by molar-refractivity contribution is -0.0219. The van der Waals surface area contributed by atoms with E-state index >= 15 is 0 Å². The van der Waals surface area contributed by atoms with E-state index in [-0.39, 0.29) is 42.4 Å². The lowest BCUT2D eigenvalue weighted by Crippen LogP contribution is -2.44. The predicted octanol–water partition coefficient (Wildman–Crippen LogP) is 13.2. The van der Waals surface area contributed by atoms with Gasteiger partial charge in [-0.3, -0.25) is 0 Å². The molecule has 4 aliphatic carbocycles. The van der Waals surface area contributed by atoms with Gasteiger partial charge in [0.05, 0.1) is 38.9 Å². The van der Waals surface area contributed by atoms with E-state index < -0.39 is 11.2 Å². The number of piperidine rings is 2. The predicted molar refractivity (Wildman–Crippen MR) is 254 cm³/mol. The molecule has 65 heavy (non-hydrogen) atoms. The third-order valence-electron chi connectivity index (χ3n) is 12.7. The first-order valence-corrected chi connectivity index (χ1v) is 25.1. The van der Waals surface area contributed by atoms with E-state index in [1.165, 1.54) is 12.8 Å². The van der Waals surface area contributed by atoms with Gasteiger partial charge in [-0.25, -0.2) is 9.59 Å². The summed E-state index contributed by atoms with van der Waals surface area (Å²) in [5.74, 6) is 3.33. The van der Waals surface area contributed by atoms with Crippen LogP contribution in [0.15, 0.2) is 45.4 Å². The molecule has 17 heteroatoms. The van der Waals surface area contributed by atoms with Gasteiger partial charge in [-0.15, -0.1) is 0 Å². The average molecular weight is 1040 g/mol. The normalized spacial score (nSPS) is 24.4. The maximum atomic E-state index is 12.5. The molecule has 6 unspecified atom stereocenters. The number of benzene rings is 2. The van der Waals surface area contributed by atoms with Crippen LogP contribution in [0, 0.1) is 11.8 Å². The molecule has 12 nitrogen and oxygen atoms in total. The summed E-state index contributed by atoms with van der Waals surface area (Å²) in [6.07, 6.45) is 7.36. The summed E-state index contributed by atoms with van der Waals surface area (Å²) in [6.45, 7) is 13.0. The molecule has 6 aliphatic rings. The van der Waals surface area contributed by atoms with Gasteiger partial charge in [-0.05, 0) is 117 Å². The Kier molecular flexibility index (Phi) is 14.5. The number of amides is 2. The molecule has 1 N–H and O–H groups in total. The molecule has 2 aromatic carbocycles. The first-order valence-electron chi connectivity index (χ1n) is 22.5. The van der Waals surface area contributed by atoms with E-state index in [1.54, 1.807) is 17.0 Å². The molecule has 2 saturated heterocycles. The number of rotatable bonds is 8. The highest BCUT2D eigenvalue weighted by Crippen LogP contribution is 2.49. The summed E-state index contributed by atoms with van der Waals surface area (Å²) in [4.78, 5) is 27.9. The van der Waals surface area contributed by atoms with Gasteiger partial charge in [0, 0.05) is 76.4 Å². The van der Waals surface area contributed by atoms with Crippen LogP contribution < -0.4 is 0 Å². The summed E-state index contributed by atoms with van der Waals surface area (Å²) in [6, 6.07) is 11.2. The zero-order valence-corrected chi connectivity index (χ0v) is 42.2. The Labute approximate surface area is 409 Å². The molecule has 2 aliphatic heterocycles. The van der Waals surface area contributed by atoms with Gasteiger partial charge in [0.25, 0.3) is 0 Å². The Morgan fingerprint density at radius 1 is 0.692 bits per heavy atom. The summed E-state index contributed by atoms with van der Waals surface area (Å²) < 4.78 is 28.5. The Hall–Kier alpha value is -3.04. The van der Waals surface area contributed by atoms with Gasteiger partial charge in [0.15, 0.2) is 0 Å². The summed E-state index contributed by atoms with van der Waals surface area (Å²) >= 11 is 28.8. The Balaban J connectivity index is 0.000000147. The van der Waals surface area contributed by atoms with E-state index in [2.05, 4.69) is 26.2 Å². The number of carbonyl (C=O) groups is 2. The van der Waals surface area contributed by atoms with Crippen molar-refractivity contribution in [3.63, 3.8) is 0 Å². The van der Waals surface area contributed by atoms with Gasteiger partial charge >= 0.3 is 12.2 Å². The fourth-order valence-electron chi connectivity index (χ4n) is 9.40. The highest BCUT2D eigenvalue weighted by Gasteiger charge is 2.49. The monoisotopic (exact) mass is 1040 g/mol. The van der Waals surface area contributed by atoms with Crippen LogP contribution >= 0.6 is 62.3 Å². The molecular weight excluding hydrogens is 982 g/mol. The van der Waals surface area contributed by atoms with Crippen molar-refractivity contribution in [3.8, 4) is 22.5 Å². The number of hydrogen-bond donors (Lipinski definition) is 1. The van der Waals surface area contributed by atoms with Crippen molar-refractivity contribution in [2.24, 2.45) is 11.8 Å². The zero-order chi connectivity index (χ0) is 46.5. The van der Waals surface area contributed by atoms with E-state index in [1.807, 2.05) is 70.7 Å². The SMILES string of the molecule is CC(C)(C)OC(=O)N1CC2CC1CC2O.CC(C)(C)OC(=O)N1CC2CC1CC2OCc1c(-c2c(Cl)cccc2Cl)noc1C1CC1.Clc1cccc(Cl)c1-c1noc(C2CC2)c1CBr. The van der Waals surface area contributed by atoms with Crippen molar-refractivity contribution in [2.45, 2.75) is 152 Å². The molecule has 352 valence electrons. The molecule has 10 rings (SSSR count). The molecule has 6 atom stereocenters. The second kappa shape index (κ2) is 19.5. The standard InChI is InChI=1S/C24H28Cl2N2O4.C13H10BrCl2NO.C11H19NO3/c1-24(2,3)31-23(29)28-11-14-9-15(28)10-19(14)30-12-16-21(27-32-22(16)13-7-8-13)20-17(25)5-4-6-18(20)26;14-6-8-12(17-18-13(8)7-4-5-7)11-9(15)2-1-3-10(11)16;1-11(2,3)15-10(14)12-6-7-4-8(12)5-9(7)13/h4-6,13-15,19H,7-12H2,1-3H3;1-3,7H,4-6H2;7-9,13H,4-6H2,1-3H3. The van der Waals surface area contributed by atoms with Crippen molar-refractivity contribution in [1.82, 2.24) is 20.1 Å². The zero-order valence-electron chi connectivity index (χ0n) is 37.6. The number of halogens is 5. The van der Waals surface area contributed by atoms with Gasteiger partial charge in [-0.1, -0.05) is 84.8 Å². The van der Waals surface area contributed by atoms with Crippen molar-refractivity contribution in [3.05, 3.63) is 79.1 Å². The van der Waals surface area contributed by atoms with E-state index in [0.29, 0.717) is 80.5 Å². The molecule has 0 radical (unpaired) electrons. The van der Waals surface area contributed by atoms with Crippen molar-refractivity contribution in [2.75, 3.05) is 13.1 Å². The number of aliphatic hydroxyl groups excluding tert-OH is 1. The lowest BCUT2D eigenvalue weighted by Gasteiger charge is -2.33. The number of carbonyl (C=O) groups excluding carboxylic acids is 2. The molecule has 4 heterocycles. The van der Waals surface area contributed by atoms with Gasteiger partial charge in [0.2, 0.25) is 0 Å². The summed E-state index contributed by atoms with van der Waals surface area (Å²) in [5, 5.41) is 21.1. The average Bonchev–Trinajstić information content (AvgIpc) is 3.89. The van der Waals surface area contributed by atoms with Crippen LogP contribution in [0.25, 0.3) is 22.5 Å². The minimum absolute atomic E-state index is 0.0928. The summed E-state index contributed by atoms with van der Waals surface area (Å²) in [7, 11) is 0. The smallest absolute Gasteiger partial charge is 0.410 e. The minimum atomic E-state index is -0.487. The molecule has 2 aromatic heterocycles. The lowest BCUT2D eigenvalue weighted by atomic mass is 10.0. The molecular formula is C48H57BrCl4N4O8. The number of ether oxygens (including phenoxy) is 3. The Morgan fingerprint density at radius 3 is 1.51 bits per heavy atom. The second-order valence-corrected chi connectivity index (χ2v) is 22.3. The van der Waals surface area contributed by atoms with Gasteiger partial charge in [-0.2, -0.15) is 0 Å². The summed E-state index contributed by atoms with van der Waals surface area (Å²) in [5.41, 5.74) is 3.95. The number of aliphatic hydroxyl groups is 1. The van der Waals surface area contributed by atoms with Crippen molar-refractivity contribution in [1.29, 1.82) is 0 Å². The maximum absolute atomic E-state index is 12.5. The fraction of sp³-hybridized carbons (Fsp3) is 0.583. The van der Waals surface area contributed by atoms with Crippen LogP contribution in [0.5, 0.6) is 0 Å². The molecule has 2 amide bonds. The number of alkyl halides is 1.